The van der Waals surface area contributed by atoms with E-state index < -0.39 is 0 Å². The van der Waals surface area contributed by atoms with E-state index in [0.717, 1.165) is 36.5 Å². The van der Waals surface area contributed by atoms with Crippen molar-refractivity contribution in [3.63, 3.8) is 0 Å². The molecule has 1 amide bonds. The molecule has 1 N–H and O–H groups in total. The fraction of sp³-hybridized carbons (Fsp3) is 0.556. The first-order valence-corrected chi connectivity index (χ1v) is 8.19. The maximum Gasteiger partial charge on any atom is 0.223 e. The monoisotopic (exact) mass is 301 g/mol. The molecule has 0 aromatic carbocycles. The highest BCUT2D eigenvalue weighted by Gasteiger charge is 2.17. The molecular formula is C18H27N3O. The van der Waals surface area contributed by atoms with Gasteiger partial charge in [0.1, 0.15) is 5.82 Å². The lowest BCUT2D eigenvalue weighted by molar-refractivity contribution is -0.124. The van der Waals surface area contributed by atoms with Crippen molar-refractivity contribution < 1.29 is 4.79 Å². The molecule has 1 saturated heterocycles. The molecule has 22 heavy (non-hydrogen) atoms. The number of hydrogen-bond acceptors (Lipinski definition) is 3. The molecule has 0 bridgehead atoms. The Morgan fingerprint density at radius 3 is 2.82 bits per heavy atom. The van der Waals surface area contributed by atoms with Crippen LogP contribution in [0.2, 0.25) is 0 Å². The van der Waals surface area contributed by atoms with E-state index in [0.29, 0.717) is 6.54 Å². The Kier molecular flexibility index (Phi) is 5.99. The van der Waals surface area contributed by atoms with E-state index in [9.17, 15) is 4.79 Å². The van der Waals surface area contributed by atoms with Crippen molar-refractivity contribution in [2.75, 3.05) is 18.0 Å². The number of anilines is 1. The summed E-state index contributed by atoms with van der Waals surface area (Å²) in [6.07, 6.45) is 6.31. The first kappa shape index (κ1) is 16.5. The Morgan fingerprint density at radius 2 is 2.14 bits per heavy atom. The molecular weight excluding hydrogens is 274 g/mol. The lowest BCUT2D eigenvalue weighted by Crippen LogP contribution is -2.33. The van der Waals surface area contributed by atoms with E-state index in [1.54, 1.807) is 0 Å². The van der Waals surface area contributed by atoms with Gasteiger partial charge in [-0.3, -0.25) is 4.79 Å². The Labute approximate surface area is 133 Å². The first-order chi connectivity index (χ1) is 10.6. The molecule has 1 aromatic rings. The van der Waals surface area contributed by atoms with E-state index in [4.69, 9.17) is 0 Å². The predicted molar refractivity (Wildman–Crippen MR) is 90.7 cm³/mol. The first-order valence-electron chi connectivity index (χ1n) is 8.19. The minimum Gasteiger partial charge on any atom is -0.356 e. The average Bonchev–Trinajstić information content (AvgIpc) is 2.53. The molecule has 0 spiro atoms. The summed E-state index contributed by atoms with van der Waals surface area (Å²) in [7, 11) is 0. The summed E-state index contributed by atoms with van der Waals surface area (Å²) < 4.78 is 0. The van der Waals surface area contributed by atoms with E-state index in [2.05, 4.69) is 27.8 Å². The van der Waals surface area contributed by atoms with Gasteiger partial charge in [0.15, 0.2) is 0 Å². The van der Waals surface area contributed by atoms with Gasteiger partial charge in [-0.15, -0.1) is 6.58 Å². The maximum atomic E-state index is 12.2. The van der Waals surface area contributed by atoms with Gasteiger partial charge < -0.3 is 10.2 Å². The number of aromatic nitrogens is 1. The van der Waals surface area contributed by atoms with E-state index in [-0.39, 0.29) is 11.8 Å². The average molecular weight is 301 g/mol. The largest absolute Gasteiger partial charge is 0.356 e. The summed E-state index contributed by atoms with van der Waals surface area (Å²) in [5, 5.41) is 3.04. The minimum absolute atomic E-state index is 0.0346. The number of pyridine rings is 1. The van der Waals surface area contributed by atoms with Gasteiger partial charge in [-0.1, -0.05) is 18.6 Å². The molecule has 0 radical (unpaired) electrons. The van der Waals surface area contributed by atoms with E-state index in [1.165, 1.54) is 19.3 Å². The zero-order valence-electron chi connectivity index (χ0n) is 13.8. The highest BCUT2D eigenvalue weighted by molar-refractivity contribution is 5.78. The molecule has 1 aliphatic rings. The van der Waals surface area contributed by atoms with Crippen LogP contribution in [0.3, 0.4) is 0 Å². The fourth-order valence-corrected chi connectivity index (χ4v) is 2.93. The zero-order chi connectivity index (χ0) is 15.9. The third kappa shape index (κ3) is 4.58. The van der Waals surface area contributed by atoms with Crippen molar-refractivity contribution in [1.82, 2.24) is 10.3 Å². The van der Waals surface area contributed by atoms with Crippen LogP contribution >= 0.6 is 0 Å². The highest BCUT2D eigenvalue weighted by atomic mass is 16.1. The number of hydrogen-bond donors (Lipinski definition) is 1. The predicted octanol–water partition coefficient (Wildman–Crippen LogP) is 3.29. The number of allylic oxidation sites excluding steroid dienone is 1. The number of nitrogens with one attached hydrogen (secondary N) is 1. The van der Waals surface area contributed by atoms with Gasteiger partial charge in [-0.05, 0) is 38.7 Å². The highest BCUT2D eigenvalue weighted by Crippen LogP contribution is 2.21. The van der Waals surface area contributed by atoms with Crippen LogP contribution in [0.4, 0.5) is 5.82 Å². The van der Waals surface area contributed by atoms with Crippen molar-refractivity contribution in [2.45, 2.75) is 46.1 Å². The van der Waals surface area contributed by atoms with Crippen molar-refractivity contribution in [1.29, 1.82) is 0 Å². The van der Waals surface area contributed by atoms with Gasteiger partial charge in [0.2, 0.25) is 5.91 Å². The molecule has 0 aliphatic carbocycles. The Balaban J connectivity index is 1.97. The molecule has 0 saturated carbocycles. The van der Waals surface area contributed by atoms with E-state index >= 15 is 0 Å². The van der Waals surface area contributed by atoms with Crippen LogP contribution in [-0.2, 0) is 11.3 Å². The second kappa shape index (κ2) is 7.97. The minimum atomic E-state index is -0.0346. The number of carbonyl (C=O) groups is 1. The molecule has 1 unspecified atom stereocenters. The Hall–Kier alpha value is -1.84. The van der Waals surface area contributed by atoms with Crippen LogP contribution in [0.15, 0.2) is 30.5 Å². The lowest BCUT2D eigenvalue weighted by atomic mass is 10.0. The fourth-order valence-electron chi connectivity index (χ4n) is 2.93. The van der Waals surface area contributed by atoms with Crippen LogP contribution in [0.5, 0.6) is 0 Å². The normalized spacial score (nSPS) is 16.2. The topological polar surface area (TPSA) is 45.2 Å². The molecule has 2 heterocycles. The van der Waals surface area contributed by atoms with Crippen LogP contribution in [0, 0.1) is 5.92 Å². The third-order valence-electron chi connectivity index (χ3n) is 4.08. The van der Waals surface area contributed by atoms with Gasteiger partial charge in [0.05, 0.1) is 0 Å². The van der Waals surface area contributed by atoms with Crippen molar-refractivity contribution in [2.24, 2.45) is 5.92 Å². The van der Waals surface area contributed by atoms with Crippen molar-refractivity contribution >= 4 is 11.7 Å². The van der Waals surface area contributed by atoms with Gasteiger partial charge in [-0.2, -0.15) is 0 Å². The van der Waals surface area contributed by atoms with Crippen LogP contribution in [0.25, 0.3) is 0 Å². The third-order valence-corrected chi connectivity index (χ3v) is 4.08. The summed E-state index contributed by atoms with van der Waals surface area (Å²) in [5.74, 6) is 1.07. The summed E-state index contributed by atoms with van der Waals surface area (Å²) in [6.45, 7) is 10.4. The van der Waals surface area contributed by atoms with Gasteiger partial charge in [0, 0.05) is 37.3 Å². The van der Waals surface area contributed by atoms with E-state index in [1.807, 2.05) is 26.1 Å². The number of piperidine rings is 1. The van der Waals surface area contributed by atoms with Crippen LogP contribution in [0.1, 0.15) is 45.1 Å². The molecule has 4 heteroatoms. The van der Waals surface area contributed by atoms with Gasteiger partial charge >= 0.3 is 0 Å². The maximum absolute atomic E-state index is 12.2. The molecule has 1 aliphatic heterocycles. The SMILES string of the molecule is C=C(C)CC(C)C(=O)NCc1cccnc1N1CCCCC1. The number of carbonyl (C=O) groups excluding carboxylic acids is 1. The lowest BCUT2D eigenvalue weighted by Gasteiger charge is -2.29. The quantitative estimate of drug-likeness (QED) is 0.820. The second-order valence-electron chi connectivity index (χ2n) is 6.31. The number of nitrogens with zero attached hydrogens (tertiary/aromatic N) is 2. The number of rotatable bonds is 6. The molecule has 1 atom stereocenters. The zero-order valence-corrected chi connectivity index (χ0v) is 13.8. The summed E-state index contributed by atoms with van der Waals surface area (Å²) in [4.78, 5) is 19.0. The van der Waals surface area contributed by atoms with Crippen LogP contribution < -0.4 is 10.2 Å². The smallest absolute Gasteiger partial charge is 0.223 e. The van der Waals surface area contributed by atoms with Crippen molar-refractivity contribution in [3.05, 3.63) is 36.0 Å². The van der Waals surface area contributed by atoms with Gasteiger partial charge in [-0.25, -0.2) is 4.98 Å². The van der Waals surface area contributed by atoms with Crippen LogP contribution in [-0.4, -0.2) is 24.0 Å². The molecule has 120 valence electrons. The molecule has 4 nitrogen and oxygen atoms in total. The Bertz CT molecular complexity index is 521. The summed E-state index contributed by atoms with van der Waals surface area (Å²) in [5.41, 5.74) is 2.14. The van der Waals surface area contributed by atoms with Crippen molar-refractivity contribution in [3.8, 4) is 0 Å². The molecule has 1 fully saturated rings. The van der Waals surface area contributed by atoms with Gasteiger partial charge in [0.25, 0.3) is 0 Å². The molecule has 2 rings (SSSR count). The number of amides is 1. The summed E-state index contributed by atoms with van der Waals surface area (Å²) >= 11 is 0. The Morgan fingerprint density at radius 1 is 1.41 bits per heavy atom. The molecule has 1 aromatic heterocycles. The second-order valence-corrected chi connectivity index (χ2v) is 6.31. The summed E-state index contributed by atoms with van der Waals surface area (Å²) in [6, 6.07) is 3.99. The standard InChI is InChI=1S/C18H27N3O/c1-14(2)12-15(3)18(22)20-13-16-8-7-9-19-17(16)21-10-5-4-6-11-21/h7-9,15H,1,4-6,10-13H2,2-3H3,(H,20,22).